The number of thioether (sulfide) groups is 1. The molecule has 1 atom stereocenters. The SMILES string of the molecule is CC(=NN=C1NC(=O)C(Cc2ccccc2[N+](=O)[O-])S1)c1ccccc1. The molecular weight excluding hydrogens is 352 g/mol. The lowest BCUT2D eigenvalue weighted by Gasteiger charge is -2.05. The molecule has 7 nitrogen and oxygen atoms in total. The summed E-state index contributed by atoms with van der Waals surface area (Å²) in [6.45, 7) is 1.84. The van der Waals surface area contributed by atoms with E-state index in [0.29, 0.717) is 10.7 Å². The predicted molar refractivity (Wildman–Crippen MR) is 102 cm³/mol. The van der Waals surface area contributed by atoms with Crippen LogP contribution in [0.4, 0.5) is 5.69 Å². The summed E-state index contributed by atoms with van der Waals surface area (Å²) in [6, 6.07) is 16.0. The molecule has 3 rings (SSSR count). The van der Waals surface area contributed by atoms with E-state index in [0.717, 1.165) is 11.3 Å². The van der Waals surface area contributed by atoms with Gasteiger partial charge in [0.25, 0.3) is 5.69 Å². The minimum absolute atomic E-state index is 0.0178. The van der Waals surface area contributed by atoms with Crippen molar-refractivity contribution in [1.29, 1.82) is 0 Å². The molecule has 2 aromatic rings. The van der Waals surface area contributed by atoms with Crippen LogP contribution in [0.15, 0.2) is 64.8 Å². The summed E-state index contributed by atoms with van der Waals surface area (Å²) in [4.78, 5) is 22.8. The van der Waals surface area contributed by atoms with E-state index in [1.54, 1.807) is 18.2 Å². The van der Waals surface area contributed by atoms with Gasteiger partial charge in [-0.05, 0) is 12.5 Å². The Balaban J connectivity index is 1.72. The number of amidine groups is 1. The van der Waals surface area contributed by atoms with Crippen LogP contribution in [0.25, 0.3) is 0 Å². The van der Waals surface area contributed by atoms with E-state index in [-0.39, 0.29) is 18.0 Å². The lowest BCUT2D eigenvalue weighted by Crippen LogP contribution is -2.26. The average Bonchev–Trinajstić information content (AvgIpc) is 3.00. The van der Waals surface area contributed by atoms with Crippen molar-refractivity contribution in [3.63, 3.8) is 0 Å². The van der Waals surface area contributed by atoms with E-state index in [1.807, 2.05) is 37.3 Å². The molecular formula is C18H16N4O3S. The molecule has 1 heterocycles. The molecule has 0 radical (unpaired) electrons. The van der Waals surface area contributed by atoms with Crippen LogP contribution in [0.2, 0.25) is 0 Å². The van der Waals surface area contributed by atoms with Crippen LogP contribution in [0.3, 0.4) is 0 Å². The molecule has 0 aromatic heterocycles. The Hall–Kier alpha value is -3.00. The lowest BCUT2D eigenvalue weighted by atomic mass is 10.1. The Morgan fingerprint density at radius 3 is 2.62 bits per heavy atom. The van der Waals surface area contributed by atoms with Gasteiger partial charge in [0.2, 0.25) is 5.91 Å². The minimum Gasteiger partial charge on any atom is -0.303 e. The molecule has 2 aromatic carbocycles. The van der Waals surface area contributed by atoms with Crippen LogP contribution in [0.5, 0.6) is 0 Å². The largest absolute Gasteiger partial charge is 0.303 e. The molecule has 1 amide bonds. The zero-order valence-corrected chi connectivity index (χ0v) is 14.8. The third-order valence-electron chi connectivity index (χ3n) is 3.85. The quantitative estimate of drug-likeness (QED) is 0.498. The summed E-state index contributed by atoms with van der Waals surface area (Å²) < 4.78 is 0. The highest BCUT2D eigenvalue weighted by Gasteiger charge is 2.32. The topological polar surface area (TPSA) is 97.0 Å². The summed E-state index contributed by atoms with van der Waals surface area (Å²) in [5.74, 6) is -0.223. The minimum atomic E-state index is -0.470. The van der Waals surface area contributed by atoms with E-state index in [2.05, 4.69) is 15.5 Å². The van der Waals surface area contributed by atoms with Crippen LogP contribution in [0.1, 0.15) is 18.1 Å². The number of amides is 1. The second kappa shape index (κ2) is 7.92. The molecule has 1 aliphatic heterocycles. The monoisotopic (exact) mass is 368 g/mol. The number of nitro benzene ring substituents is 1. The Labute approximate surface area is 154 Å². The highest BCUT2D eigenvalue weighted by molar-refractivity contribution is 8.15. The maximum Gasteiger partial charge on any atom is 0.272 e. The van der Waals surface area contributed by atoms with Gasteiger partial charge >= 0.3 is 0 Å². The number of hydrogen-bond acceptors (Lipinski definition) is 6. The number of carbonyl (C=O) groups excluding carboxylic acids is 1. The first-order valence-corrected chi connectivity index (χ1v) is 8.80. The number of rotatable bonds is 5. The van der Waals surface area contributed by atoms with Gasteiger partial charge < -0.3 is 5.32 Å². The zero-order valence-electron chi connectivity index (χ0n) is 14.0. The van der Waals surface area contributed by atoms with Gasteiger partial charge in [-0.2, -0.15) is 5.10 Å². The smallest absolute Gasteiger partial charge is 0.272 e. The molecule has 0 bridgehead atoms. The number of nitrogens with zero attached hydrogens (tertiary/aromatic N) is 3. The molecule has 1 aliphatic rings. The van der Waals surface area contributed by atoms with E-state index in [4.69, 9.17) is 0 Å². The molecule has 132 valence electrons. The highest BCUT2D eigenvalue weighted by atomic mass is 32.2. The maximum absolute atomic E-state index is 12.2. The van der Waals surface area contributed by atoms with Gasteiger partial charge in [-0.1, -0.05) is 60.3 Å². The summed E-state index contributed by atoms with van der Waals surface area (Å²) in [5, 5.41) is 22.0. The second-order valence-electron chi connectivity index (χ2n) is 5.64. The molecule has 0 saturated carbocycles. The Morgan fingerprint density at radius 1 is 1.19 bits per heavy atom. The third kappa shape index (κ3) is 4.15. The first kappa shape index (κ1) is 17.8. The van der Waals surface area contributed by atoms with Gasteiger partial charge in [-0.25, -0.2) is 0 Å². The summed E-state index contributed by atoms with van der Waals surface area (Å²) in [7, 11) is 0. The van der Waals surface area contributed by atoms with Crippen LogP contribution in [-0.4, -0.2) is 27.0 Å². The van der Waals surface area contributed by atoms with E-state index in [1.165, 1.54) is 17.8 Å². The lowest BCUT2D eigenvalue weighted by molar-refractivity contribution is -0.385. The number of benzene rings is 2. The number of nitro groups is 1. The van der Waals surface area contributed by atoms with Crippen molar-refractivity contribution in [2.45, 2.75) is 18.6 Å². The Bertz CT molecular complexity index is 896. The van der Waals surface area contributed by atoms with Gasteiger partial charge in [0.15, 0.2) is 5.17 Å². The van der Waals surface area contributed by atoms with Gasteiger partial charge in [-0.15, -0.1) is 5.10 Å². The predicted octanol–water partition coefficient (Wildman–Crippen LogP) is 3.15. The van der Waals surface area contributed by atoms with Crippen LogP contribution >= 0.6 is 11.8 Å². The van der Waals surface area contributed by atoms with Crippen LogP contribution in [-0.2, 0) is 11.2 Å². The normalized spacial score (nSPS) is 18.8. The van der Waals surface area contributed by atoms with E-state index < -0.39 is 10.2 Å². The molecule has 26 heavy (non-hydrogen) atoms. The van der Waals surface area contributed by atoms with Crippen LogP contribution < -0.4 is 5.32 Å². The number of para-hydroxylation sites is 1. The van der Waals surface area contributed by atoms with Crippen molar-refractivity contribution >= 4 is 34.2 Å². The molecule has 8 heteroatoms. The van der Waals surface area contributed by atoms with Crippen molar-refractivity contribution in [2.24, 2.45) is 10.2 Å². The highest BCUT2D eigenvalue weighted by Crippen LogP contribution is 2.27. The number of carbonyl (C=O) groups is 1. The fraction of sp³-hybridized carbons (Fsp3) is 0.167. The summed E-state index contributed by atoms with van der Waals surface area (Å²) in [5.41, 5.74) is 2.22. The summed E-state index contributed by atoms with van der Waals surface area (Å²) in [6.07, 6.45) is 0.258. The average molecular weight is 368 g/mol. The molecule has 1 saturated heterocycles. The number of hydrogen-bond donors (Lipinski definition) is 1. The van der Waals surface area contributed by atoms with Gasteiger partial charge in [0, 0.05) is 18.1 Å². The van der Waals surface area contributed by atoms with Gasteiger partial charge in [-0.3, -0.25) is 14.9 Å². The molecule has 1 N–H and O–H groups in total. The zero-order chi connectivity index (χ0) is 18.5. The third-order valence-corrected chi connectivity index (χ3v) is 4.92. The first-order valence-electron chi connectivity index (χ1n) is 7.92. The first-order chi connectivity index (χ1) is 12.5. The second-order valence-corrected chi connectivity index (χ2v) is 6.83. The Morgan fingerprint density at radius 2 is 1.88 bits per heavy atom. The van der Waals surface area contributed by atoms with Gasteiger partial charge in [0.05, 0.1) is 15.9 Å². The van der Waals surface area contributed by atoms with E-state index >= 15 is 0 Å². The fourth-order valence-corrected chi connectivity index (χ4v) is 3.45. The Kier molecular flexibility index (Phi) is 5.43. The van der Waals surface area contributed by atoms with Crippen molar-refractivity contribution in [1.82, 2.24) is 5.32 Å². The fourth-order valence-electron chi connectivity index (χ4n) is 2.51. The number of nitrogens with one attached hydrogen (secondary N) is 1. The standard InChI is InChI=1S/C18H16N4O3S/c1-12(13-7-3-2-4-8-13)20-21-18-19-17(23)16(26-18)11-14-9-5-6-10-15(14)22(24)25/h2-10,16H,11H2,1H3,(H,19,21,23). The van der Waals surface area contributed by atoms with Crippen molar-refractivity contribution in [3.05, 3.63) is 75.8 Å². The molecule has 0 spiro atoms. The van der Waals surface area contributed by atoms with Crippen molar-refractivity contribution in [2.75, 3.05) is 0 Å². The molecule has 1 fully saturated rings. The van der Waals surface area contributed by atoms with Crippen molar-refractivity contribution < 1.29 is 9.72 Å². The van der Waals surface area contributed by atoms with Crippen molar-refractivity contribution in [3.8, 4) is 0 Å². The molecule has 1 unspecified atom stereocenters. The van der Waals surface area contributed by atoms with Crippen LogP contribution in [0, 0.1) is 10.1 Å². The maximum atomic E-state index is 12.2. The van der Waals surface area contributed by atoms with E-state index in [9.17, 15) is 14.9 Å². The summed E-state index contributed by atoms with van der Waals surface area (Å²) >= 11 is 1.23. The molecule has 0 aliphatic carbocycles. The van der Waals surface area contributed by atoms with Gasteiger partial charge in [0.1, 0.15) is 0 Å².